The number of halogens is 1. The van der Waals surface area contributed by atoms with E-state index in [4.69, 9.17) is 0 Å². The summed E-state index contributed by atoms with van der Waals surface area (Å²) in [5, 5.41) is 7.96. The minimum atomic E-state index is -0.268. The van der Waals surface area contributed by atoms with Crippen LogP contribution in [0.4, 0.5) is 4.39 Å². The molecule has 6 rings (SSSR count). The number of amides is 1. The van der Waals surface area contributed by atoms with Crippen LogP contribution in [0.15, 0.2) is 114 Å². The van der Waals surface area contributed by atoms with Gasteiger partial charge < -0.3 is 10.6 Å². The molecule has 1 aliphatic heterocycles. The van der Waals surface area contributed by atoms with Crippen molar-refractivity contribution in [3.05, 3.63) is 148 Å². The molecule has 0 radical (unpaired) electrons. The van der Waals surface area contributed by atoms with E-state index in [1.807, 2.05) is 78.9 Å². The van der Waals surface area contributed by atoms with Crippen molar-refractivity contribution in [2.75, 3.05) is 19.6 Å². The molecule has 7 heteroatoms. The Hall–Kier alpha value is -4.59. The number of nitrogens with one attached hydrogen (secondary N) is 2. The van der Waals surface area contributed by atoms with Gasteiger partial charge in [0.1, 0.15) is 5.82 Å². The van der Waals surface area contributed by atoms with Crippen LogP contribution in [0.2, 0.25) is 0 Å². The third-order valence-electron chi connectivity index (χ3n) is 8.25. The molecule has 0 spiro atoms. The van der Waals surface area contributed by atoms with Gasteiger partial charge in [0.25, 0.3) is 11.5 Å². The molecule has 1 aromatic heterocycles. The van der Waals surface area contributed by atoms with Gasteiger partial charge in [0.2, 0.25) is 0 Å². The van der Waals surface area contributed by atoms with Gasteiger partial charge in [0.05, 0.1) is 17.3 Å². The lowest BCUT2D eigenvalue weighted by Crippen LogP contribution is -2.46. The van der Waals surface area contributed by atoms with Crippen molar-refractivity contribution < 1.29 is 9.18 Å². The van der Waals surface area contributed by atoms with Crippen molar-refractivity contribution in [2.45, 2.75) is 32.0 Å². The fraction of sp³-hybridized carbons (Fsp3) is 0.222. The smallest absolute Gasteiger partial charge is 0.263 e. The van der Waals surface area contributed by atoms with Crippen LogP contribution in [0.1, 0.15) is 52.6 Å². The van der Waals surface area contributed by atoms with Crippen molar-refractivity contribution >= 4 is 16.7 Å². The zero-order valence-corrected chi connectivity index (χ0v) is 24.2. The molecule has 43 heavy (non-hydrogen) atoms. The molecule has 1 aliphatic rings. The highest BCUT2D eigenvalue weighted by atomic mass is 19.1. The first-order valence-electron chi connectivity index (χ1n) is 14.8. The molecule has 2 atom stereocenters. The average Bonchev–Trinajstić information content (AvgIpc) is 3.05. The van der Waals surface area contributed by atoms with Crippen LogP contribution in [0.25, 0.3) is 16.5 Å². The van der Waals surface area contributed by atoms with E-state index in [1.54, 1.807) is 22.8 Å². The maximum atomic E-state index is 14.4. The van der Waals surface area contributed by atoms with E-state index in [2.05, 4.69) is 22.5 Å². The summed E-state index contributed by atoms with van der Waals surface area (Å²) in [6.07, 6.45) is 0.721. The zero-order valence-electron chi connectivity index (χ0n) is 24.2. The monoisotopic (exact) mass is 574 g/mol. The SMILES string of the molecule is CCC(NC(=O)c1c(CN2CCN[C@@H](c3ccc(F)cc3)C2)n(-c2ccccc2)c(=O)c2ccccc12)c1ccccc1. The van der Waals surface area contributed by atoms with Crippen LogP contribution in [0, 0.1) is 5.82 Å². The number of hydrogen-bond acceptors (Lipinski definition) is 4. The van der Waals surface area contributed by atoms with Gasteiger partial charge in [-0.3, -0.25) is 19.1 Å². The standard InChI is InChI=1S/C36H35FN4O2/c1-2-31(25-11-5-3-6-12-25)39-35(42)34-29-15-9-10-16-30(29)36(43)41(28-13-7-4-8-14-28)33(34)24-40-22-21-38-32(23-40)26-17-19-27(37)20-18-26/h3-20,31-32,38H,2,21-24H2,1H3,(H,39,42)/t31?,32-/m1/s1. The first kappa shape index (κ1) is 28.5. The molecule has 4 aromatic carbocycles. The topological polar surface area (TPSA) is 66.4 Å². The first-order valence-corrected chi connectivity index (χ1v) is 14.8. The van der Waals surface area contributed by atoms with Crippen LogP contribution >= 0.6 is 0 Å². The highest BCUT2D eigenvalue weighted by Gasteiger charge is 2.28. The molecule has 218 valence electrons. The second-order valence-corrected chi connectivity index (χ2v) is 11.0. The highest BCUT2D eigenvalue weighted by molar-refractivity contribution is 6.08. The number of piperazine rings is 1. The molecule has 2 heterocycles. The number of carbonyl (C=O) groups is 1. The van der Waals surface area contributed by atoms with Crippen LogP contribution in [0.3, 0.4) is 0 Å². The Balaban J connectivity index is 1.47. The minimum absolute atomic E-state index is 0.00784. The minimum Gasteiger partial charge on any atom is -0.345 e. The van der Waals surface area contributed by atoms with Crippen molar-refractivity contribution in [1.29, 1.82) is 0 Å². The number of benzene rings is 4. The van der Waals surface area contributed by atoms with E-state index in [-0.39, 0.29) is 29.4 Å². The van der Waals surface area contributed by atoms with Crippen LogP contribution < -0.4 is 16.2 Å². The van der Waals surface area contributed by atoms with Crippen molar-refractivity contribution in [1.82, 2.24) is 20.1 Å². The summed E-state index contributed by atoms with van der Waals surface area (Å²) in [4.78, 5) is 30.8. The summed E-state index contributed by atoms with van der Waals surface area (Å²) in [7, 11) is 0. The van der Waals surface area contributed by atoms with Crippen LogP contribution in [0.5, 0.6) is 0 Å². The van der Waals surface area contributed by atoms with E-state index < -0.39 is 0 Å². The van der Waals surface area contributed by atoms with Gasteiger partial charge in [-0.2, -0.15) is 0 Å². The van der Waals surface area contributed by atoms with E-state index in [0.717, 1.165) is 30.6 Å². The van der Waals surface area contributed by atoms with Gasteiger partial charge in [0.15, 0.2) is 0 Å². The van der Waals surface area contributed by atoms with Gasteiger partial charge >= 0.3 is 0 Å². The van der Waals surface area contributed by atoms with Crippen LogP contribution in [-0.4, -0.2) is 35.0 Å². The predicted octanol–water partition coefficient (Wildman–Crippen LogP) is 6.16. The lowest BCUT2D eigenvalue weighted by atomic mass is 9.99. The second-order valence-electron chi connectivity index (χ2n) is 11.0. The zero-order chi connectivity index (χ0) is 29.8. The van der Waals surface area contributed by atoms with E-state index in [1.165, 1.54) is 12.1 Å². The predicted molar refractivity (Wildman–Crippen MR) is 169 cm³/mol. The van der Waals surface area contributed by atoms with E-state index >= 15 is 0 Å². The first-order chi connectivity index (χ1) is 21.0. The molecule has 0 bridgehead atoms. The number of aromatic nitrogens is 1. The second kappa shape index (κ2) is 12.7. The van der Waals surface area contributed by atoms with Gasteiger partial charge in [0, 0.05) is 48.7 Å². The summed E-state index contributed by atoms with van der Waals surface area (Å²) in [6.45, 7) is 4.54. The average molecular weight is 575 g/mol. The molecule has 2 N–H and O–H groups in total. The number of pyridine rings is 1. The molecule has 0 aliphatic carbocycles. The molecular formula is C36H35FN4O2. The number of rotatable bonds is 8. The Bertz CT molecular complexity index is 1770. The third-order valence-corrected chi connectivity index (χ3v) is 8.25. The number of hydrogen-bond donors (Lipinski definition) is 2. The Labute approximate surface area is 250 Å². The number of carbonyl (C=O) groups excluding carboxylic acids is 1. The molecular weight excluding hydrogens is 539 g/mol. The summed E-state index contributed by atoms with van der Waals surface area (Å²) >= 11 is 0. The lowest BCUT2D eigenvalue weighted by molar-refractivity contribution is 0.0933. The maximum absolute atomic E-state index is 14.4. The van der Waals surface area contributed by atoms with Crippen molar-refractivity contribution in [2.24, 2.45) is 0 Å². The van der Waals surface area contributed by atoms with E-state index in [0.29, 0.717) is 40.8 Å². The molecule has 1 saturated heterocycles. The Morgan fingerprint density at radius 3 is 2.26 bits per heavy atom. The Morgan fingerprint density at radius 1 is 0.907 bits per heavy atom. The number of fused-ring (bicyclic) bond motifs is 1. The summed E-state index contributed by atoms with van der Waals surface area (Å²) in [5.41, 5.74) is 3.73. The Kier molecular flexibility index (Phi) is 8.45. The van der Waals surface area contributed by atoms with Gasteiger partial charge in [-0.25, -0.2) is 4.39 Å². The summed E-state index contributed by atoms with van der Waals surface area (Å²) in [5.74, 6) is -0.479. The maximum Gasteiger partial charge on any atom is 0.263 e. The van der Waals surface area contributed by atoms with E-state index in [9.17, 15) is 14.0 Å². The number of nitrogens with zero attached hydrogens (tertiary/aromatic N) is 2. The van der Waals surface area contributed by atoms with Gasteiger partial charge in [-0.1, -0.05) is 85.8 Å². The molecule has 6 nitrogen and oxygen atoms in total. The summed E-state index contributed by atoms with van der Waals surface area (Å²) in [6, 6.07) is 33.2. The van der Waals surface area contributed by atoms with Gasteiger partial charge in [-0.05, 0) is 47.9 Å². The molecule has 0 saturated carbocycles. The molecule has 5 aromatic rings. The quantitative estimate of drug-likeness (QED) is 0.233. The largest absolute Gasteiger partial charge is 0.345 e. The van der Waals surface area contributed by atoms with Crippen LogP contribution in [-0.2, 0) is 6.54 Å². The molecule has 1 fully saturated rings. The molecule has 1 unspecified atom stereocenters. The van der Waals surface area contributed by atoms with Crippen molar-refractivity contribution in [3.63, 3.8) is 0 Å². The van der Waals surface area contributed by atoms with Crippen molar-refractivity contribution in [3.8, 4) is 5.69 Å². The van der Waals surface area contributed by atoms with Gasteiger partial charge in [-0.15, -0.1) is 0 Å². The number of para-hydroxylation sites is 1. The lowest BCUT2D eigenvalue weighted by Gasteiger charge is -2.35. The summed E-state index contributed by atoms with van der Waals surface area (Å²) < 4.78 is 15.3. The molecule has 1 amide bonds. The normalized spacial score (nSPS) is 16.2. The Morgan fingerprint density at radius 2 is 1.56 bits per heavy atom. The highest BCUT2D eigenvalue weighted by Crippen LogP contribution is 2.27. The fourth-order valence-electron chi connectivity index (χ4n) is 6.07. The third kappa shape index (κ3) is 6.00. The fourth-order valence-corrected chi connectivity index (χ4v) is 6.07.